The third-order valence-corrected chi connectivity index (χ3v) is 3.34. The van der Waals surface area contributed by atoms with E-state index < -0.39 is 0 Å². The van der Waals surface area contributed by atoms with Crippen LogP contribution in [0.2, 0.25) is 0 Å². The van der Waals surface area contributed by atoms with E-state index in [4.69, 9.17) is 10.2 Å². The Morgan fingerprint density at radius 3 is 2.76 bits per heavy atom. The molecule has 2 aromatic rings. The summed E-state index contributed by atoms with van der Waals surface area (Å²) >= 11 is 0. The maximum absolute atomic E-state index is 5.91. The fraction of sp³-hybridized carbons (Fsp3) is 0.500. The predicted octanol–water partition coefficient (Wildman–Crippen LogP) is 3.29. The molecule has 0 atom stereocenters. The van der Waals surface area contributed by atoms with Crippen LogP contribution < -0.4 is 5.73 Å². The van der Waals surface area contributed by atoms with Crippen molar-refractivity contribution in [1.82, 2.24) is 4.98 Å². The smallest absolute Gasteiger partial charge is 0.198 e. The van der Waals surface area contributed by atoms with Crippen molar-refractivity contribution in [3.05, 3.63) is 29.2 Å². The molecular weight excluding hydrogens is 212 g/mol. The molecule has 0 amide bonds. The second kappa shape index (κ2) is 3.84. The van der Waals surface area contributed by atoms with Crippen molar-refractivity contribution in [2.75, 3.05) is 0 Å². The largest absolute Gasteiger partial charge is 0.440 e. The quantitative estimate of drug-likeness (QED) is 0.880. The fourth-order valence-electron chi connectivity index (χ4n) is 2.20. The molecule has 1 aromatic carbocycles. The van der Waals surface area contributed by atoms with Crippen LogP contribution in [0.25, 0.3) is 11.1 Å². The van der Waals surface area contributed by atoms with Crippen molar-refractivity contribution in [1.29, 1.82) is 0 Å². The van der Waals surface area contributed by atoms with Gasteiger partial charge in [-0.3, -0.25) is 0 Å². The first-order chi connectivity index (χ1) is 8.19. The van der Waals surface area contributed by atoms with E-state index in [0.29, 0.717) is 18.4 Å². The molecule has 1 fully saturated rings. The van der Waals surface area contributed by atoms with Crippen LogP contribution in [0, 0.1) is 0 Å². The summed E-state index contributed by atoms with van der Waals surface area (Å²) in [5.74, 6) is 1.82. The molecule has 3 heteroatoms. The maximum Gasteiger partial charge on any atom is 0.198 e. The van der Waals surface area contributed by atoms with Gasteiger partial charge in [-0.05, 0) is 30.4 Å². The molecule has 17 heavy (non-hydrogen) atoms. The van der Waals surface area contributed by atoms with Gasteiger partial charge in [-0.1, -0.05) is 19.9 Å². The first kappa shape index (κ1) is 10.8. The Balaban J connectivity index is 2.21. The van der Waals surface area contributed by atoms with Gasteiger partial charge in [0.25, 0.3) is 0 Å². The summed E-state index contributed by atoms with van der Waals surface area (Å²) < 4.78 is 5.91. The van der Waals surface area contributed by atoms with E-state index in [1.54, 1.807) is 0 Å². The minimum absolute atomic E-state index is 0.329. The highest BCUT2D eigenvalue weighted by molar-refractivity contribution is 5.78. The van der Waals surface area contributed by atoms with Crippen LogP contribution in [0.4, 0.5) is 0 Å². The lowest BCUT2D eigenvalue weighted by molar-refractivity contribution is 0.499. The number of oxazole rings is 1. The number of rotatable bonds is 3. The lowest BCUT2D eigenvalue weighted by Gasteiger charge is -2.02. The van der Waals surface area contributed by atoms with Gasteiger partial charge in [-0.2, -0.15) is 0 Å². The van der Waals surface area contributed by atoms with Crippen LogP contribution in [0.1, 0.15) is 55.5 Å². The summed E-state index contributed by atoms with van der Waals surface area (Å²) in [6.45, 7) is 4.77. The molecule has 0 saturated heterocycles. The van der Waals surface area contributed by atoms with Gasteiger partial charge in [0, 0.05) is 18.0 Å². The van der Waals surface area contributed by atoms with Crippen molar-refractivity contribution in [3.8, 4) is 0 Å². The third-order valence-electron chi connectivity index (χ3n) is 3.34. The highest BCUT2D eigenvalue weighted by atomic mass is 16.3. The molecule has 3 nitrogen and oxygen atoms in total. The van der Waals surface area contributed by atoms with Crippen LogP contribution in [0.3, 0.4) is 0 Å². The Morgan fingerprint density at radius 1 is 1.41 bits per heavy atom. The van der Waals surface area contributed by atoms with Crippen LogP contribution in [0.5, 0.6) is 0 Å². The van der Waals surface area contributed by atoms with E-state index in [2.05, 4.69) is 31.0 Å². The molecular formula is C14H18N2O. The van der Waals surface area contributed by atoms with E-state index in [-0.39, 0.29) is 0 Å². The molecule has 0 spiro atoms. The van der Waals surface area contributed by atoms with Gasteiger partial charge in [0.2, 0.25) is 0 Å². The first-order valence-electron chi connectivity index (χ1n) is 6.32. The van der Waals surface area contributed by atoms with Gasteiger partial charge in [0.1, 0.15) is 5.52 Å². The lowest BCUT2D eigenvalue weighted by Crippen LogP contribution is -1.97. The van der Waals surface area contributed by atoms with E-state index in [9.17, 15) is 0 Å². The van der Waals surface area contributed by atoms with E-state index in [0.717, 1.165) is 22.6 Å². The summed E-state index contributed by atoms with van der Waals surface area (Å²) in [5.41, 5.74) is 10.2. The Kier molecular flexibility index (Phi) is 2.44. The molecule has 0 radical (unpaired) electrons. The molecule has 3 rings (SSSR count). The number of hydrogen-bond donors (Lipinski definition) is 1. The number of nitrogens with two attached hydrogens (primary N) is 1. The van der Waals surface area contributed by atoms with Crippen LogP contribution in [0.15, 0.2) is 16.5 Å². The molecule has 1 aliphatic carbocycles. The summed E-state index contributed by atoms with van der Waals surface area (Å²) in [5, 5.41) is 0. The maximum atomic E-state index is 5.91. The summed E-state index contributed by atoms with van der Waals surface area (Å²) in [4.78, 5) is 4.57. The van der Waals surface area contributed by atoms with Crippen molar-refractivity contribution in [2.24, 2.45) is 5.73 Å². The molecule has 2 N–H and O–H groups in total. The first-order valence-corrected chi connectivity index (χ1v) is 6.32. The van der Waals surface area contributed by atoms with Crippen LogP contribution >= 0.6 is 0 Å². The zero-order valence-electron chi connectivity index (χ0n) is 10.4. The SMILES string of the molecule is CC(C)c1nc2cc(CN)cc(C3CC3)c2o1. The van der Waals surface area contributed by atoms with Gasteiger partial charge in [0.15, 0.2) is 11.5 Å². The van der Waals surface area contributed by atoms with Gasteiger partial charge in [-0.15, -0.1) is 0 Å². The molecule has 0 bridgehead atoms. The summed E-state index contributed by atoms with van der Waals surface area (Å²) in [6.07, 6.45) is 2.53. The van der Waals surface area contributed by atoms with Crippen LogP contribution in [-0.4, -0.2) is 4.98 Å². The molecule has 0 aliphatic heterocycles. The van der Waals surface area contributed by atoms with E-state index in [1.807, 2.05) is 0 Å². The van der Waals surface area contributed by atoms with Crippen molar-refractivity contribution in [2.45, 2.75) is 45.1 Å². The number of hydrogen-bond acceptors (Lipinski definition) is 3. The Labute approximate surface area is 101 Å². The molecule has 1 aliphatic rings. The molecule has 1 heterocycles. The topological polar surface area (TPSA) is 52.0 Å². The number of fused-ring (bicyclic) bond motifs is 1. The fourth-order valence-corrected chi connectivity index (χ4v) is 2.20. The van der Waals surface area contributed by atoms with E-state index >= 15 is 0 Å². The predicted molar refractivity (Wildman–Crippen MR) is 68.0 cm³/mol. The van der Waals surface area contributed by atoms with Gasteiger partial charge >= 0.3 is 0 Å². The Hall–Kier alpha value is -1.35. The highest BCUT2D eigenvalue weighted by Crippen LogP contribution is 2.44. The standard InChI is InChI=1S/C14H18N2O/c1-8(2)14-16-12-6-9(7-15)5-11(10-3-4-10)13(12)17-14/h5-6,8,10H,3-4,7,15H2,1-2H3. The summed E-state index contributed by atoms with van der Waals surface area (Å²) in [6, 6.07) is 4.24. The molecule has 1 saturated carbocycles. The summed E-state index contributed by atoms with van der Waals surface area (Å²) in [7, 11) is 0. The zero-order valence-corrected chi connectivity index (χ0v) is 10.4. The lowest BCUT2D eigenvalue weighted by atomic mass is 10.1. The Morgan fingerprint density at radius 2 is 2.18 bits per heavy atom. The van der Waals surface area contributed by atoms with Gasteiger partial charge in [-0.25, -0.2) is 4.98 Å². The molecule has 0 unspecified atom stereocenters. The average molecular weight is 230 g/mol. The minimum atomic E-state index is 0.329. The second-order valence-corrected chi connectivity index (χ2v) is 5.22. The highest BCUT2D eigenvalue weighted by Gasteiger charge is 2.28. The van der Waals surface area contributed by atoms with Crippen molar-refractivity contribution >= 4 is 11.1 Å². The zero-order chi connectivity index (χ0) is 12.0. The number of benzene rings is 1. The second-order valence-electron chi connectivity index (χ2n) is 5.22. The normalized spacial score (nSPS) is 16.0. The molecule has 90 valence electrons. The van der Waals surface area contributed by atoms with Gasteiger partial charge in [0.05, 0.1) is 0 Å². The monoisotopic (exact) mass is 230 g/mol. The Bertz CT molecular complexity index is 553. The number of aromatic nitrogens is 1. The minimum Gasteiger partial charge on any atom is -0.440 e. The van der Waals surface area contributed by atoms with Gasteiger partial charge < -0.3 is 10.2 Å². The van der Waals surface area contributed by atoms with Crippen LogP contribution in [-0.2, 0) is 6.54 Å². The average Bonchev–Trinajstić information content (AvgIpc) is 3.06. The van der Waals surface area contributed by atoms with E-state index in [1.165, 1.54) is 18.4 Å². The number of nitrogens with zero attached hydrogens (tertiary/aromatic N) is 1. The third kappa shape index (κ3) is 1.84. The van der Waals surface area contributed by atoms with Crippen molar-refractivity contribution in [3.63, 3.8) is 0 Å². The molecule has 1 aromatic heterocycles. The van der Waals surface area contributed by atoms with Crippen molar-refractivity contribution < 1.29 is 4.42 Å².